The monoisotopic (exact) mass is 459 g/mol. The molecule has 0 aliphatic rings. The summed E-state index contributed by atoms with van der Waals surface area (Å²) >= 11 is 2.25. The quantitative estimate of drug-likeness (QED) is 0.568. The zero-order valence-corrected chi connectivity index (χ0v) is 16.4. The summed E-state index contributed by atoms with van der Waals surface area (Å²) in [7, 11) is 0. The molecule has 2 N–H and O–H groups in total. The van der Waals surface area contributed by atoms with Crippen LogP contribution in [-0.2, 0) is 11.3 Å². The van der Waals surface area contributed by atoms with E-state index < -0.39 is 0 Å². The minimum Gasteiger partial charge on any atom is -0.347 e. The molecule has 0 bridgehead atoms. The highest BCUT2D eigenvalue weighted by molar-refractivity contribution is 14.1. The predicted octanol–water partition coefficient (Wildman–Crippen LogP) is 3.97. The first kappa shape index (κ1) is 18.2. The van der Waals surface area contributed by atoms with Gasteiger partial charge < -0.3 is 15.2 Å². The van der Waals surface area contributed by atoms with Gasteiger partial charge in [0.25, 0.3) is 5.91 Å². The molecule has 26 heavy (non-hydrogen) atoms. The van der Waals surface area contributed by atoms with E-state index in [1.165, 1.54) is 6.92 Å². The van der Waals surface area contributed by atoms with Crippen molar-refractivity contribution >= 4 is 40.1 Å². The standard InChI is InChI=1S/C20H18IN3O2/c1-14(25)23-17-7-2-5-15(11-17)13-22-20(26)19-9-4-10-24(19)18-8-3-6-16(21)12-18/h2-12H,13H2,1H3,(H,22,26)(H,23,25). The van der Waals surface area contributed by atoms with Gasteiger partial charge in [0, 0.05) is 34.6 Å². The van der Waals surface area contributed by atoms with Gasteiger partial charge in [-0.1, -0.05) is 18.2 Å². The van der Waals surface area contributed by atoms with Crippen molar-refractivity contribution < 1.29 is 9.59 Å². The Morgan fingerprint density at radius 1 is 1.04 bits per heavy atom. The van der Waals surface area contributed by atoms with Gasteiger partial charge in [-0.05, 0) is 70.6 Å². The number of carbonyl (C=O) groups excluding carboxylic acids is 2. The average molecular weight is 459 g/mol. The Balaban J connectivity index is 1.72. The van der Waals surface area contributed by atoms with Gasteiger partial charge in [0.05, 0.1) is 0 Å². The summed E-state index contributed by atoms with van der Waals surface area (Å²) in [5.41, 5.74) is 3.15. The number of hydrogen-bond donors (Lipinski definition) is 2. The zero-order chi connectivity index (χ0) is 18.5. The molecule has 2 aromatic carbocycles. The van der Waals surface area contributed by atoms with Crippen LogP contribution in [0.2, 0.25) is 0 Å². The minimum absolute atomic E-state index is 0.124. The molecule has 132 valence electrons. The van der Waals surface area contributed by atoms with Gasteiger partial charge in [-0.25, -0.2) is 0 Å². The Bertz CT molecular complexity index is 949. The Morgan fingerprint density at radius 3 is 2.62 bits per heavy atom. The van der Waals surface area contributed by atoms with Gasteiger partial charge in [-0.15, -0.1) is 0 Å². The van der Waals surface area contributed by atoms with Crippen molar-refractivity contribution in [1.82, 2.24) is 9.88 Å². The van der Waals surface area contributed by atoms with Gasteiger partial charge in [0.2, 0.25) is 5.91 Å². The number of benzene rings is 2. The summed E-state index contributed by atoms with van der Waals surface area (Å²) in [5.74, 6) is -0.278. The third kappa shape index (κ3) is 4.51. The maximum atomic E-state index is 12.6. The summed E-state index contributed by atoms with van der Waals surface area (Å²) in [6, 6.07) is 19.0. The number of nitrogens with zero attached hydrogens (tertiary/aromatic N) is 1. The smallest absolute Gasteiger partial charge is 0.268 e. The van der Waals surface area contributed by atoms with Crippen LogP contribution in [0.5, 0.6) is 0 Å². The number of nitrogens with one attached hydrogen (secondary N) is 2. The fourth-order valence-electron chi connectivity index (χ4n) is 2.65. The Labute approximate surface area is 165 Å². The lowest BCUT2D eigenvalue weighted by atomic mass is 10.2. The molecule has 0 saturated heterocycles. The second-order valence-corrected chi connectivity index (χ2v) is 7.05. The van der Waals surface area contributed by atoms with E-state index in [0.717, 1.165) is 14.8 Å². The molecule has 6 heteroatoms. The van der Waals surface area contributed by atoms with Crippen molar-refractivity contribution in [3.63, 3.8) is 0 Å². The highest BCUT2D eigenvalue weighted by Crippen LogP contribution is 2.16. The Kier molecular flexibility index (Phi) is 5.72. The lowest BCUT2D eigenvalue weighted by Crippen LogP contribution is -2.25. The summed E-state index contributed by atoms with van der Waals surface area (Å²) < 4.78 is 2.97. The molecule has 3 aromatic rings. The molecule has 0 aliphatic heterocycles. The van der Waals surface area contributed by atoms with E-state index in [0.29, 0.717) is 17.9 Å². The fraction of sp³-hybridized carbons (Fsp3) is 0.100. The van der Waals surface area contributed by atoms with Gasteiger partial charge in [-0.3, -0.25) is 9.59 Å². The number of halogens is 1. The molecule has 5 nitrogen and oxygen atoms in total. The van der Waals surface area contributed by atoms with Gasteiger partial charge >= 0.3 is 0 Å². The maximum absolute atomic E-state index is 12.6. The minimum atomic E-state index is -0.154. The van der Waals surface area contributed by atoms with E-state index in [9.17, 15) is 9.59 Å². The van der Waals surface area contributed by atoms with Gasteiger partial charge in [0.1, 0.15) is 5.69 Å². The molecule has 0 fully saturated rings. The van der Waals surface area contributed by atoms with Crippen LogP contribution < -0.4 is 10.6 Å². The molecule has 0 radical (unpaired) electrons. The van der Waals surface area contributed by atoms with Crippen LogP contribution in [0.25, 0.3) is 5.69 Å². The molecule has 1 aromatic heterocycles. The topological polar surface area (TPSA) is 63.1 Å². The largest absolute Gasteiger partial charge is 0.347 e. The summed E-state index contributed by atoms with van der Waals surface area (Å²) in [4.78, 5) is 23.8. The summed E-state index contributed by atoms with van der Waals surface area (Å²) in [6.45, 7) is 1.84. The van der Waals surface area contributed by atoms with Crippen LogP contribution in [-0.4, -0.2) is 16.4 Å². The average Bonchev–Trinajstić information content (AvgIpc) is 3.09. The Morgan fingerprint density at radius 2 is 1.85 bits per heavy atom. The Hall–Kier alpha value is -2.61. The molecule has 0 atom stereocenters. The van der Waals surface area contributed by atoms with Crippen molar-refractivity contribution in [3.8, 4) is 5.69 Å². The van der Waals surface area contributed by atoms with Crippen LogP contribution in [0.3, 0.4) is 0 Å². The van der Waals surface area contributed by atoms with Crippen molar-refractivity contribution in [2.45, 2.75) is 13.5 Å². The van der Waals surface area contributed by atoms with E-state index in [4.69, 9.17) is 0 Å². The van der Waals surface area contributed by atoms with Crippen molar-refractivity contribution in [1.29, 1.82) is 0 Å². The van der Waals surface area contributed by atoms with E-state index >= 15 is 0 Å². The third-order valence-electron chi connectivity index (χ3n) is 3.77. The highest BCUT2D eigenvalue weighted by atomic mass is 127. The zero-order valence-electron chi connectivity index (χ0n) is 14.2. The lowest BCUT2D eigenvalue weighted by molar-refractivity contribution is -0.114. The van der Waals surface area contributed by atoms with E-state index in [-0.39, 0.29) is 11.8 Å². The second kappa shape index (κ2) is 8.18. The van der Waals surface area contributed by atoms with Crippen molar-refractivity contribution in [2.75, 3.05) is 5.32 Å². The lowest BCUT2D eigenvalue weighted by Gasteiger charge is -2.11. The predicted molar refractivity (Wildman–Crippen MR) is 110 cm³/mol. The van der Waals surface area contributed by atoms with Crippen molar-refractivity contribution in [3.05, 3.63) is 81.7 Å². The third-order valence-corrected chi connectivity index (χ3v) is 4.44. The van der Waals surface area contributed by atoms with Crippen molar-refractivity contribution in [2.24, 2.45) is 0 Å². The number of carbonyl (C=O) groups is 2. The highest BCUT2D eigenvalue weighted by Gasteiger charge is 2.12. The van der Waals surface area contributed by atoms with Crippen LogP contribution in [0.1, 0.15) is 23.0 Å². The first-order chi connectivity index (χ1) is 12.5. The second-order valence-electron chi connectivity index (χ2n) is 5.81. The molecule has 0 saturated carbocycles. The maximum Gasteiger partial charge on any atom is 0.268 e. The summed E-state index contributed by atoms with van der Waals surface area (Å²) in [5, 5.41) is 5.67. The molecular weight excluding hydrogens is 441 g/mol. The van der Waals surface area contributed by atoms with Crippen LogP contribution in [0.15, 0.2) is 66.9 Å². The first-order valence-electron chi connectivity index (χ1n) is 8.11. The molecule has 3 rings (SSSR count). The van der Waals surface area contributed by atoms with Crippen LogP contribution in [0.4, 0.5) is 5.69 Å². The SMILES string of the molecule is CC(=O)Nc1cccc(CNC(=O)c2cccn2-c2cccc(I)c2)c1. The van der Waals surface area contributed by atoms with Crippen LogP contribution in [0, 0.1) is 3.57 Å². The number of amides is 2. The first-order valence-corrected chi connectivity index (χ1v) is 9.19. The molecule has 0 aliphatic carbocycles. The molecule has 1 heterocycles. The fourth-order valence-corrected chi connectivity index (χ4v) is 3.18. The van der Waals surface area contributed by atoms with Gasteiger partial charge in [-0.2, -0.15) is 0 Å². The van der Waals surface area contributed by atoms with E-state index in [1.807, 2.05) is 65.4 Å². The van der Waals surface area contributed by atoms with Gasteiger partial charge in [0.15, 0.2) is 0 Å². The molecule has 0 spiro atoms. The number of hydrogen-bond acceptors (Lipinski definition) is 2. The number of anilines is 1. The van der Waals surface area contributed by atoms with E-state index in [2.05, 4.69) is 33.2 Å². The number of aromatic nitrogens is 1. The summed E-state index contributed by atoms with van der Waals surface area (Å²) in [6.07, 6.45) is 1.87. The molecule has 2 amide bonds. The van der Waals surface area contributed by atoms with Crippen LogP contribution >= 0.6 is 22.6 Å². The normalized spacial score (nSPS) is 10.4. The molecular formula is C20H18IN3O2. The van der Waals surface area contributed by atoms with E-state index in [1.54, 1.807) is 6.07 Å². The number of rotatable bonds is 5. The molecule has 0 unspecified atom stereocenters.